The first kappa shape index (κ1) is 21.8. The van der Waals surface area contributed by atoms with Crippen molar-refractivity contribution in [2.75, 3.05) is 11.5 Å². The molecule has 2 atom stereocenters. The summed E-state index contributed by atoms with van der Waals surface area (Å²) < 4.78 is 10.7. The minimum absolute atomic E-state index is 0.0192. The summed E-state index contributed by atoms with van der Waals surface area (Å²) in [6, 6.07) is 18.6. The summed E-state index contributed by atoms with van der Waals surface area (Å²) in [5.41, 5.74) is 3.06. The molecule has 32 heavy (non-hydrogen) atoms. The van der Waals surface area contributed by atoms with E-state index in [1.165, 1.54) is 6.26 Å². The molecule has 2 heterocycles. The molecule has 1 aromatic heterocycles. The molecule has 7 nitrogen and oxygen atoms in total. The van der Waals surface area contributed by atoms with Gasteiger partial charge in [0.2, 0.25) is 11.7 Å². The fraction of sp³-hybridized carbons (Fsp3) is 0.280. The van der Waals surface area contributed by atoms with Gasteiger partial charge in [0.05, 0.1) is 31.6 Å². The highest BCUT2D eigenvalue weighted by molar-refractivity contribution is 5.96. The predicted octanol–water partition coefficient (Wildman–Crippen LogP) is 3.97. The van der Waals surface area contributed by atoms with Crippen LogP contribution >= 0.6 is 0 Å². The maximum Gasteiger partial charge on any atom is 0.372 e. The van der Waals surface area contributed by atoms with Crippen LogP contribution in [0.1, 0.15) is 46.2 Å². The van der Waals surface area contributed by atoms with Crippen molar-refractivity contribution in [1.82, 2.24) is 0 Å². The van der Waals surface area contributed by atoms with E-state index in [0.717, 1.165) is 16.8 Å². The van der Waals surface area contributed by atoms with E-state index in [1.807, 2.05) is 54.6 Å². The highest BCUT2D eigenvalue weighted by atomic mass is 16.5. The summed E-state index contributed by atoms with van der Waals surface area (Å²) in [6.45, 7) is 0.385. The predicted molar refractivity (Wildman–Crippen MR) is 117 cm³/mol. The SMILES string of the molecule is O=C(O)c1occc1COCC1CCC(=O)N1c1ccc(C(O)Cc2ccccc2)cc1. The number of nitrogens with zero attached hydrogens (tertiary/aromatic N) is 1. The maximum atomic E-state index is 12.5. The second-order valence-electron chi connectivity index (χ2n) is 7.85. The topological polar surface area (TPSA) is 100 Å². The van der Waals surface area contributed by atoms with Gasteiger partial charge in [0.25, 0.3) is 0 Å². The van der Waals surface area contributed by atoms with Gasteiger partial charge in [-0.3, -0.25) is 4.79 Å². The number of hydrogen-bond acceptors (Lipinski definition) is 5. The number of aromatic carboxylic acids is 1. The van der Waals surface area contributed by atoms with E-state index in [2.05, 4.69) is 0 Å². The first-order valence-corrected chi connectivity index (χ1v) is 10.5. The number of aliphatic hydroxyl groups is 1. The van der Waals surface area contributed by atoms with Crippen LogP contribution in [0.5, 0.6) is 0 Å². The van der Waals surface area contributed by atoms with Gasteiger partial charge in [0.1, 0.15) is 0 Å². The Morgan fingerprint density at radius 3 is 2.59 bits per heavy atom. The van der Waals surface area contributed by atoms with Crippen LogP contribution in [-0.2, 0) is 22.6 Å². The van der Waals surface area contributed by atoms with Crippen molar-refractivity contribution in [3.63, 3.8) is 0 Å². The van der Waals surface area contributed by atoms with Crippen molar-refractivity contribution < 1.29 is 29.0 Å². The van der Waals surface area contributed by atoms with E-state index in [0.29, 0.717) is 24.8 Å². The van der Waals surface area contributed by atoms with Gasteiger partial charge in [-0.05, 0) is 35.7 Å². The van der Waals surface area contributed by atoms with Crippen molar-refractivity contribution in [1.29, 1.82) is 0 Å². The molecule has 1 amide bonds. The molecule has 0 aliphatic carbocycles. The number of carbonyl (C=O) groups excluding carboxylic acids is 1. The van der Waals surface area contributed by atoms with Crippen molar-refractivity contribution >= 4 is 17.6 Å². The number of carbonyl (C=O) groups is 2. The first-order valence-electron chi connectivity index (χ1n) is 10.5. The van der Waals surface area contributed by atoms with Crippen LogP contribution in [0, 0.1) is 0 Å². The number of aliphatic hydroxyl groups excluding tert-OH is 1. The maximum absolute atomic E-state index is 12.5. The fourth-order valence-electron chi connectivity index (χ4n) is 4.01. The number of ether oxygens (including phenoxy) is 1. The Morgan fingerprint density at radius 1 is 1.12 bits per heavy atom. The minimum Gasteiger partial charge on any atom is -0.475 e. The highest BCUT2D eigenvalue weighted by Gasteiger charge is 2.32. The number of rotatable bonds is 9. The summed E-state index contributed by atoms with van der Waals surface area (Å²) >= 11 is 0. The molecule has 0 bridgehead atoms. The minimum atomic E-state index is -1.14. The Morgan fingerprint density at radius 2 is 1.88 bits per heavy atom. The summed E-state index contributed by atoms with van der Waals surface area (Å²) in [5.74, 6) is -1.25. The van der Waals surface area contributed by atoms with Crippen molar-refractivity contribution in [2.24, 2.45) is 0 Å². The molecule has 166 valence electrons. The summed E-state index contributed by atoms with van der Waals surface area (Å²) in [7, 11) is 0. The van der Waals surface area contributed by atoms with E-state index in [1.54, 1.807) is 11.0 Å². The smallest absolute Gasteiger partial charge is 0.372 e. The van der Waals surface area contributed by atoms with E-state index in [-0.39, 0.29) is 30.9 Å². The van der Waals surface area contributed by atoms with Crippen LogP contribution in [0.2, 0.25) is 0 Å². The van der Waals surface area contributed by atoms with Crippen molar-refractivity contribution in [3.05, 3.63) is 89.4 Å². The van der Waals surface area contributed by atoms with E-state index < -0.39 is 12.1 Å². The first-order chi connectivity index (χ1) is 15.5. The quantitative estimate of drug-likeness (QED) is 0.528. The van der Waals surface area contributed by atoms with Crippen LogP contribution in [0.4, 0.5) is 5.69 Å². The molecule has 4 rings (SSSR count). The lowest BCUT2D eigenvalue weighted by atomic mass is 10.0. The molecule has 1 saturated heterocycles. The van der Waals surface area contributed by atoms with Crippen LogP contribution in [0.15, 0.2) is 71.3 Å². The Kier molecular flexibility index (Phi) is 6.68. The standard InChI is InChI=1S/C25H25NO6/c27-22(14-17-4-2-1-3-5-17)18-6-8-20(9-7-18)26-21(10-11-23(26)28)16-31-15-19-12-13-32-24(19)25(29)30/h1-9,12-13,21-22,27H,10-11,14-16H2,(H,29,30). The zero-order chi connectivity index (χ0) is 22.5. The van der Waals surface area contributed by atoms with Gasteiger partial charge in [-0.15, -0.1) is 0 Å². The van der Waals surface area contributed by atoms with Gasteiger partial charge >= 0.3 is 5.97 Å². The zero-order valence-electron chi connectivity index (χ0n) is 17.5. The lowest BCUT2D eigenvalue weighted by molar-refractivity contribution is -0.117. The van der Waals surface area contributed by atoms with Gasteiger partial charge in [0.15, 0.2) is 0 Å². The van der Waals surface area contributed by atoms with E-state index >= 15 is 0 Å². The van der Waals surface area contributed by atoms with Crippen LogP contribution in [0.3, 0.4) is 0 Å². The zero-order valence-corrected chi connectivity index (χ0v) is 17.5. The number of carboxylic acid groups (broad SMARTS) is 1. The van der Waals surface area contributed by atoms with E-state index in [9.17, 15) is 14.7 Å². The summed E-state index contributed by atoms with van der Waals surface area (Å²) in [4.78, 5) is 25.4. The molecule has 2 N–H and O–H groups in total. The number of furan rings is 1. The third kappa shape index (κ3) is 4.90. The second-order valence-corrected chi connectivity index (χ2v) is 7.85. The third-order valence-corrected chi connectivity index (χ3v) is 5.66. The molecule has 2 aromatic carbocycles. The normalized spacial score (nSPS) is 17.0. The Hall–Kier alpha value is -3.42. The van der Waals surface area contributed by atoms with Crippen LogP contribution in [0.25, 0.3) is 0 Å². The van der Waals surface area contributed by atoms with Gasteiger partial charge in [-0.25, -0.2) is 4.79 Å². The second kappa shape index (κ2) is 9.80. The molecule has 7 heteroatoms. The Balaban J connectivity index is 1.38. The number of amides is 1. The molecule has 1 aliphatic rings. The molecule has 1 aliphatic heterocycles. The number of benzene rings is 2. The van der Waals surface area contributed by atoms with Gasteiger partial charge < -0.3 is 24.3 Å². The Labute approximate surface area is 185 Å². The van der Waals surface area contributed by atoms with Crippen molar-refractivity contribution in [3.8, 4) is 0 Å². The average molecular weight is 435 g/mol. The molecule has 2 unspecified atom stereocenters. The third-order valence-electron chi connectivity index (χ3n) is 5.66. The largest absolute Gasteiger partial charge is 0.475 e. The number of hydrogen-bond donors (Lipinski definition) is 2. The molecule has 1 fully saturated rings. The lowest BCUT2D eigenvalue weighted by Crippen LogP contribution is -2.36. The lowest BCUT2D eigenvalue weighted by Gasteiger charge is -2.25. The summed E-state index contributed by atoms with van der Waals surface area (Å²) in [5, 5.41) is 19.7. The van der Waals surface area contributed by atoms with E-state index in [4.69, 9.17) is 14.3 Å². The molecular formula is C25H25NO6. The number of carboxylic acids is 1. The molecule has 0 spiro atoms. The van der Waals surface area contributed by atoms with Crippen molar-refractivity contribution in [2.45, 2.75) is 38.0 Å². The van der Waals surface area contributed by atoms with Gasteiger partial charge in [-0.1, -0.05) is 42.5 Å². The monoisotopic (exact) mass is 435 g/mol. The van der Waals surface area contributed by atoms with Crippen LogP contribution < -0.4 is 4.90 Å². The van der Waals surface area contributed by atoms with Gasteiger partial charge in [-0.2, -0.15) is 0 Å². The Bertz CT molecular complexity index is 1060. The fourth-order valence-corrected chi connectivity index (χ4v) is 4.01. The molecular weight excluding hydrogens is 410 g/mol. The molecule has 0 radical (unpaired) electrons. The highest BCUT2D eigenvalue weighted by Crippen LogP contribution is 2.29. The van der Waals surface area contributed by atoms with Gasteiger partial charge in [0, 0.05) is 24.1 Å². The molecule has 0 saturated carbocycles. The molecule has 3 aromatic rings. The summed E-state index contributed by atoms with van der Waals surface area (Å²) in [6.07, 6.45) is 2.30. The average Bonchev–Trinajstić information content (AvgIpc) is 3.41. The number of anilines is 1. The van der Waals surface area contributed by atoms with Crippen LogP contribution in [-0.4, -0.2) is 34.7 Å².